The molecule has 0 aliphatic carbocycles. The molecule has 2 N–H and O–H groups in total. The Morgan fingerprint density at radius 1 is 1.09 bits per heavy atom. The molecule has 1 fully saturated rings. The van der Waals surface area contributed by atoms with Crippen molar-refractivity contribution in [1.82, 2.24) is 5.32 Å². The van der Waals surface area contributed by atoms with Gasteiger partial charge in [0.2, 0.25) is 5.91 Å². The monoisotopic (exact) mass is 488 g/mol. The van der Waals surface area contributed by atoms with Gasteiger partial charge in [0.05, 0.1) is 17.3 Å². The van der Waals surface area contributed by atoms with Crippen molar-refractivity contribution in [2.24, 2.45) is 11.8 Å². The second-order valence-corrected chi connectivity index (χ2v) is 7.82. The molecule has 1 aromatic carbocycles. The second-order valence-electron chi connectivity index (χ2n) is 7.38. The lowest BCUT2D eigenvalue weighted by molar-refractivity contribution is -0.151. The summed E-state index contributed by atoms with van der Waals surface area (Å²) < 4.78 is 15.6. The minimum Gasteiger partial charge on any atom is -0.487 e. The SMILES string of the molecule is C=CCOC(=O)c1ccc(OCC=C)c(NC(=O)[C@@H]2C[C@@H](C(C(=O)S)C(=O)OCC=C)CN2)c1. The summed E-state index contributed by atoms with van der Waals surface area (Å²) in [5.74, 6) is -2.97. The lowest BCUT2D eigenvalue weighted by Gasteiger charge is -2.18. The van der Waals surface area contributed by atoms with Crippen molar-refractivity contribution in [2.45, 2.75) is 12.5 Å². The molecule has 0 aromatic heterocycles. The van der Waals surface area contributed by atoms with Gasteiger partial charge < -0.3 is 24.8 Å². The Hall–Kier alpha value is -3.37. The van der Waals surface area contributed by atoms with Crippen LogP contribution in [0.2, 0.25) is 0 Å². The third-order valence-electron chi connectivity index (χ3n) is 4.98. The summed E-state index contributed by atoms with van der Waals surface area (Å²) in [6.45, 7) is 11.0. The molecule has 0 bridgehead atoms. The van der Waals surface area contributed by atoms with Crippen molar-refractivity contribution in [1.29, 1.82) is 0 Å². The van der Waals surface area contributed by atoms with Crippen molar-refractivity contribution in [3.05, 3.63) is 61.7 Å². The number of esters is 2. The molecule has 1 saturated heterocycles. The van der Waals surface area contributed by atoms with Crippen LogP contribution in [0.4, 0.5) is 5.69 Å². The number of anilines is 1. The highest BCUT2D eigenvalue weighted by Gasteiger charge is 2.41. The van der Waals surface area contributed by atoms with Gasteiger partial charge in [-0.15, -0.1) is 12.6 Å². The Labute approximate surface area is 203 Å². The molecule has 1 unspecified atom stereocenters. The van der Waals surface area contributed by atoms with Crippen LogP contribution in [0.25, 0.3) is 0 Å². The smallest absolute Gasteiger partial charge is 0.338 e. The number of amides is 1. The topological polar surface area (TPSA) is 120 Å². The molecule has 34 heavy (non-hydrogen) atoms. The van der Waals surface area contributed by atoms with E-state index in [9.17, 15) is 19.2 Å². The Balaban J connectivity index is 2.15. The number of carbonyl (C=O) groups excluding carboxylic acids is 4. The van der Waals surface area contributed by atoms with E-state index in [0.29, 0.717) is 5.75 Å². The van der Waals surface area contributed by atoms with Crippen LogP contribution in [-0.4, -0.2) is 55.4 Å². The van der Waals surface area contributed by atoms with Gasteiger partial charge in [0.15, 0.2) is 5.12 Å². The number of thiol groups is 1. The number of benzene rings is 1. The van der Waals surface area contributed by atoms with Crippen LogP contribution in [0.15, 0.2) is 56.2 Å². The lowest BCUT2D eigenvalue weighted by Crippen LogP contribution is -2.35. The fraction of sp³-hybridized carbons (Fsp3) is 0.333. The summed E-state index contributed by atoms with van der Waals surface area (Å²) >= 11 is 3.82. The minimum absolute atomic E-state index is 0.0283. The molecule has 9 nitrogen and oxygen atoms in total. The molecule has 182 valence electrons. The number of carbonyl (C=O) groups is 4. The number of ether oxygens (including phenoxy) is 3. The van der Waals surface area contributed by atoms with Crippen LogP contribution >= 0.6 is 12.6 Å². The Morgan fingerprint density at radius 3 is 2.41 bits per heavy atom. The molecule has 0 saturated carbocycles. The van der Waals surface area contributed by atoms with Gasteiger partial charge in [0.1, 0.15) is 31.5 Å². The van der Waals surface area contributed by atoms with Crippen LogP contribution in [0, 0.1) is 11.8 Å². The first-order valence-electron chi connectivity index (χ1n) is 10.5. The Bertz CT molecular complexity index is 963. The summed E-state index contributed by atoms with van der Waals surface area (Å²) in [4.78, 5) is 49.4. The summed E-state index contributed by atoms with van der Waals surface area (Å²) in [6.07, 6.45) is 4.59. The van der Waals surface area contributed by atoms with Gasteiger partial charge in [0, 0.05) is 6.54 Å². The molecule has 1 aliphatic rings. The summed E-state index contributed by atoms with van der Waals surface area (Å²) in [6, 6.07) is 3.80. The molecule has 10 heteroatoms. The molecule has 1 amide bonds. The highest BCUT2D eigenvalue weighted by Crippen LogP contribution is 2.29. The Morgan fingerprint density at radius 2 is 1.76 bits per heavy atom. The first-order chi connectivity index (χ1) is 16.3. The van der Waals surface area contributed by atoms with Gasteiger partial charge in [-0.05, 0) is 30.5 Å². The Kier molecular flexibility index (Phi) is 10.6. The molecule has 0 spiro atoms. The normalized spacial score (nSPS) is 17.7. The summed E-state index contributed by atoms with van der Waals surface area (Å²) in [5.41, 5.74) is 0.475. The molecule has 2 rings (SSSR count). The van der Waals surface area contributed by atoms with Gasteiger partial charge in [-0.1, -0.05) is 38.0 Å². The summed E-state index contributed by atoms with van der Waals surface area (Å²) in [7, 11) is 0. The first-order valence-corrected chi connectivity index (χ1v) is 11.0. The van der Waals surface area contributed by atoms with Crippen LogP contribution in [-0.2, 0) is 23.9 Å². The number of hydrogen-bond acceptors (Lipinski definition) is 8. The minimum atomic E-state index is -1.11. The van der Waals surface area contributed by atoms with Gasteiger partial charge in [-0.25, -0.2) is 4.79 Å². The zero-order chi connectivity index (χ0) is 25.1. The van der Waals surface area contributed by atoms with E-state index in [4.69, 9.17) is 14.2 Å². The van der Waals surface area contributed by atoms with E-state index >= 15 is 0 Å². The highest BCUT2D eigenvalue weighted by molar-refractivity contribution is 7.96. The van der Waals surface area contributed by atoms with E-state index < -0.39 is 40.8 Å². The molecular formula is C24H28N2O7S. The van der Waals surface area contributed by atoms with Crippen LogP contribution in [0.1, 0.15) is 16.8 Å². The quantitative estimate of drug-likeness (QED) is 0.167. The molecule has 1 heterocycles. The van der Waals surface area contributed by atoms with Crippen molar-refractivity contribution < 1.29 is 33.4 Å². The fourth-order valence-electron chi connectivity index (χ4n) is 3.41. The third-order valence-corrected chi connectivity index (χ3v) is 5.26. The van der Waals surface area contributed by atoms with E-state index in [-0.39, 0.29) is 44.0 Å². The molecule has 1 aromatic rings. The average molecular weight is 489 g/mol. The van der Waals surface area contributed by atoms with Crippen molar-refractivity contribution in [3.8, 4) is 5.75 Å². The predicted molar refractivity (Wildman–Crippen MR) is 130 cm³/mol. The number of hydrogen-bond donors (Lipinski definition) is 3. The van der Waals surface area contributed by atoms with Crippen LogP contribution < -0.4 is 15.4 Å². The largest absolute Gasteiger partial charge is 0.487 e. The van der Waals surface area contributed by atoms with Gasteiger partial charge in [0.25, 0.3) is 0 Å². The number of rotatable bonds is 13. The van der Waals surface area contributed by atoms with Gasteiger partial charge in [-0.2, -0.15) is 0 Å². The fourth-order valence-corrected chi connectivity index (χ4v) is 3.73. The lowest BCUT2D eigenvalue weighted by atomic mass is 9.90. The average Bonchev–Trinajstić information content (AvgIpc) is 3.29. The van der Waals surface area contributed by atoms with E-state index in [1.807, 2.05) is 0 Å². The summed E-state index contributed by atoms with van der Waals surface area (Å²) in [5, 5.41) is 5.13. The predicted octanol–water partition coefficient (Wildman–Crippen LogP) is 2.31. The first kappa shape index (κ1) is 26.9. The maximum atomic E-state index is 13.0. The van der Waals surface area contributed by atoms with Crippen molar-refractivity contribution in [3.63, 3.8) is 0 Å². The zero-order valence-electron chi connectivity index (χ0n) is 18.7. The van der Waals surface area contributed by atoms with Crippen LogP contribution in [0.3, 0.4) is 0 Å². The van der Waals surface area contributed by atoms with Crippen molar-refractivity contribution in [2.75, 3.05) is 31.7 Å². The van der Waals surface area contributed by atoms with E-state index in [2.05, 4.69) is 43.0 Å². The zero-order valence-corrected chi connectivity index (χ0v) is 19.6. The molecular weight excluding hydrogens is 460 g/mol. The maximum absolute atomic E-state index is 13.0. The molecule has 3 atom stereocenters. The van der Waals surface area contributed by atoms with E-state index in [1.54, 1.807) is 12.1 Å². The number of nitrogens with one attached hydrogen (secondary N) is 2. The molecule has 1 aliphatic heterocycles. The maximum Gasteiger partial charge on any atom is 0.338 e. The van der Waals surface area contributed by atoms with Crippen LogP contribution in [0.5, 0.6) is 5.75 Å². The van der Waals surface area contributed by atoms with E-state index in [1.165, 1.54) is 24.3 Å². The molecule has 0 radical (unpaired) electrons. The van der Waals surface area contributed by atoms with Gasteiger partial charge in [-0.3, -0.25) is 14.4 Å². The highest BCUT2D eigenvalue weighted by atomic mass is 32.1. The third kappa shape index (κ3) is 7.32. The standard InChI is InChI=1S/C24H28N2O7S/c1-4-9-31-19-8-7-15(22(28)32-10-5-2)12-17(19)26-21(27)18-13-16(14-25-18)20(24(30)34)23(29)33-11-6-3/h4-8,12,16,18,20,25H,1-3,9-11,13-14H2,(H,26,27)(H,30,34)/t16-,18+,20?/m1/s1. The van der Waals surface area contributed by atoms with E-state index in [0.717, 1.165) is 0 Å². The van der Waals surface area contributed by atoms with Crippen molar-refractivity contribution >= 4 is 41.3 Å². The second kappa shape index (κ2) is 13.4. The van der Waals surface area contributed by atoms with Gasteiger partial charge >= 0.3 is 11.9 Å².